The van der Waals surface area contributed by atoms with E-state index in [1.54, 1.807) is 0 Å². The van der Waals surface area contributed by atoms with Gasteiger partial charge in [-0.1, -0.05) is 12.1 Å². The number of benzene rings is 1. The SMILES string of the molecule is CC(C)(C(=O)O)S(=O)(=O)c1ccccc1F. The lowest BCUT2D eigenvalue weighted by molar-refractivity contribution is -0.139. The predicted octanol–water partition coefficient (Wildman–Crippen LogP) is 1.46. The zero-order valence-corrected chi connectivity index (χ0v) is 9.58. The summed E-state index contributed by atoms with van der Waals surface area (Å²) in [6.45, 7) is 2.05. The second kappa shape index (κ2) is 3.86. The molecular formula is C10H11FO4S. The highest BCUT2D eigenvalue weighted by molar-refractivity contribution is 7.93. The van der Waals surface area contributed by atoms with E-state index in [-0.39, 0.29) is 0 Å². The van der Waals surface area contributed by atoms with E-state index in [2.05, 4.69) is 0 Å². The second-order valence-corrected chi connectivity index (χ2v) is 6.22. The molecule has 0 amide bonds. The summed E-state index contributed by atoms with van der Waals surface area (Å²) in [6, 6.07) is 4.70. The van der Waals surface area contributed by atoms with Crippen LogP contribution < -0.4 is 0 Å². The standard InChI is InChI=1S/C10H11FO4S/c1-10(2,9(12)13)16(14,15)8-6-4-3-5-7(8)11/h3-6H,1-2H3,(H,12,13). The highest BCUT2D eigenvalue weighted by Crippen LogP contribution is 2.27. The highest BCUT2D eigenvalue weighted by Gasteiger charge is 2.44. The monoisotopic (exact) mass is 246 g/mol. The molecule has 0 heterocycles. The second-order valence-electron chi connectivity index (χ2n) is 3.75. The van der Waals surface area contributed by atoms with Crippen molar-refractivity contribution in [2.75, 3.05) is 0 Å². The van der Waals surface area contributed by atoms with E-state index in [9.17, 15) is 17.6 Å². The van der Waals surface area contributed by atoms with E-state index >= 15 is 0 Å². The maximum Gasteiger partial charge on any atom is 0.324 e. The van der Waals surface area contributed by atoms with Crippen LogP contribution in [0.25, 0.3) is 0 Å². The quantitative estimate of drug-likeness (QED) is 0.876. The minimum absolute atomic E-state index is 0.595. The summed E-state index contributed by atoms with van der Waals surface area (Å²) < 4.78 is 35.0. The van der Waals surface area contributed by atoms with Gasteiger partial charge in [-0.05, 0) is 26.0 Å². The van der Waals surface area contributed by atoms with Crippen molar-refractivity contribution in [3.8, 4) is 0 Å². The van der Waals surface area contributed by atoms with Crippen molar-refractivity contribution >= 4 is 15.8 Å². The Morgan fingerprint density at radius 1 is 1.31 bits per heavy atom. The molecule has 1 rings (SSSR count). The summed E-state index contributed by atoms with van der Waals surface area (Å²) in [7, 11) is -4.24. The Kier molecular flexibility index (Phi) is 3.05. The number of hydrogen-bond donors (Lipinski definition) is 1. The van der Waals surface area contributed by atoms with Crippen LogP contribution in [0.5, 0.6) is 0 Å². The first kappa shape index (κ1) is 12.6. The maximum atomic E-state index is 13.3. The van der Waals surface area contributed by atoms with Gasteiger partial charge >= 0.3 is 5.97 Å². The van der Waals surface area contributed by atoms with Crippen molar-refractivity contribution in [2.45, 2.75) is 23.5 Å². The summed E-state index contributed by atoms with van der Waals surface area (Å²) in [5, 5.41) is 8.83. The lowest BCUT2D eigenvalue weighted by Gasteiger charge is -2.19. The molecule has 0 aliphatic rings. The Morgan fingerprint density at radius 3 is 2.25 bits per heavy atom. The molecule has 0 aliphatic carbocycles. The van der Waals surface area contributed by atoms with Crippen LogP contribution in [-0.4, -0.2) is 24.2 Å². The Morgan fingerprint density at radius 2 is 1.81 bits per heavy atom. The van der Waals surface area contributed by atoms with Gasteiger partial charge in [-0.3, -0.25) is 4.79 Å². The summed E-state index contributed by atoms with van der Waals surface area (Å²) in [6.07, 6.45) is 0. The van der Waals surface area contributed by atoms with E-state index in [4.69, 9.17) is 5.11 Å². The van der Waals surface area contributed by atoms with Gasteiger partial charge in [0.1, 0.15) is 10.7 Å². The number of carboxylic acids is 1. The summed E-state index contributed by atoms with van der Waals surface area (Å²) >= 11 is 0. The third kappa shape index (κ3) is 1.80. The van der Waals surface area contributed by atoms with Crippen LogP contribution in [0.4, 0.5) is 4.39 Å². The van der Waals surface area contributed by atoms with Crippen LogP contribution in [-0.2, 0) is 14.6 Å². The number of rotatable bonds is 3. The molecule has 0 atom stereocenters. The fourth-order valence-corrected chi connectivity index (χ4v) is 2.41. The van der Waals surface area contributed by atoms with Crippen LogP contribution in [0.3, 0.4) is 0 Å². The third-order valence-electron chi connectivity index (χ3n) is 2.31. The highest BCUT2D eigenvalue weighted by atomic mass is 32.2. The largest absolute Gasteiger partial charge is 0.480 e. The number of halogens is 1. The molecule has 88 valence electrons. The topological polar surface area (TPSA) is 71.4 Å². The number of carbonyl (C=O) groups is 1. The van der Waals surface area contributed by atoms with Gasteiger partial charge < -0.3 is 5.11 Å². The average molecular weight is 246 g/mol. The number of carboxylic acid groups (broad SMARTS) is 1. The Bertz CT molecular complexity index is 519. The van der Waals surface area contributed by atoms with Crippen molar-refractivity contribution < 1.29 is 22.7 Å². The van der Waals surface area contributed by atoms with Gasteiger partial charge in [0.05, 0.1) is 0 Å². The van der Waals surface area contributed by atoms with Crippen molar-refractivity contribution in [3.05, 3.63) is 30.1 Å². The van der Waals surface area contributed by atoms with Crippen LogP contribution >= 0.6 is 0 Å². The molecule has 16 heavy (non-hydrogen) atoms. The molecule has 0 saturated heterocycles. The van der Waals surface area contributed by atoms with E-state index in [0.717, 1.165) is 26.0 Å². The Labute approximate surface area is 92.6 Å². The van der Waals surface area contributed by atoms with Crippen molar-refractivity contribution in [2.24, 2.45) is 0 Å². The minimum Gasteiger partial charge on any atom is -0.480 e. The average Bonchev–Trinajstić information content (AvgIpc) is 2.17. The molecule has 0 radical (unpaired) electrons. The minimum atomic E-state index is -4.24. The van der Waals surface area contributed by atoms with E-state index in [1.807, 2.05) is 0 Å². The normalized spacial score (nSPS) is 12.4. The number of sulfone groups is 1. The first-order valence-electron chi connectivity index (χ1n) is 4.44. The van der Waals surface area contributed by atoms with Gasteiger partial charge in [0.25, 0.3) is 0 Å². The lowest BCUT2D eigenvalue weighted by Crippen LogP contribution is -2.40. The lowest BCUT2D eigenvalue weighted by atomic mass is 10.2. The van der Waals surface area contributed by atoms with Crippen LogP contribution in [0.1, 0.15) is 13.8 Å². The van der Waals surface area contributed by atoms with Gasteiger partial charge in [0.15, 0.2) is 14.6 Å². The smallest absolute Gasteiger partial charge is 0.324 e. The molecule has 4 nitrogen and oxygen atoms in total. The molecule has 0 bridgehead atoms. The van der Waals surface area contributed by atoms with E-state index < -0.39 is 31.3 Å². The summed E-state index contributed by atoms with van der Waals surface area (Å²) in [5.74, 6) is -2.47. The van der Waals surface area contributed by atoms with Crippen molar-refractivity contribution in [3.63, 3.8) is 0 Å². The van der Waals surface area contributed by atoms with Gasteiger partial charge in [-0.2, -0.15) is 0 Å². The summed E-state index contributed by atoms with van der Waals surface area (Å²) in [4.78, 5) is 10.3. The molecule has 0 aliphatic heterocycles. The van der Waals surface area contributed by atoms with Gasteiger partial charge in [0.2, 0.25) is 0 Å². The number of aliphatic carboxylic acids is 1. The van der Waals surface area contributed by atoms with Gasteiger partial charge in [-0.25, -0.2) is 12.8 Å². The van der Waals surface area contributed by atoms with Crippen LogP contribution in [0, 0.1) is 5.82 Å². The maximum absolute atomic E-state index is 13.3. The zero-order chi connectivity index (χ0) is 12.6. The van der Waals surface area contributed by atoms with Gasteiger partial charge in [-0.15, -0.1) is 0 Å². The number of hydrogen-bond acceptors (Lipinski definition) is 3. The first-order chi connectivity index (χ1) is 7.21. The van der Waals surface area contributed by atoms with Crippen LogP contribution in [0.2, 0.25) is 0 Å². The molecule has 1 aromatic rings. The molecule has 0 aromatic heterocycles. The molecule has 0 unspecified atom stereocenters. The third-order valence-corrected chi connectivity index (χ3v) is 4.74. The fraction of sp³-hybridized carbons (Fsp3) is 0.300. The molecule has 0 fully saturated rings. The van der Waals surface area contributed by atoms with Crippen molar-refractivity contribution in [1.29, 1.82) is 0 Å². The van der Waals surface area contributed by atoms with Gasteiger partial charge in [0, 0.05) is 0 Å². The summed E-state index contributed by atoms with van der Waals surface area (Å²) in [5.41, 5.74) is 0. The van der Waals surface area contributed by atoms with E-state index in [0.29, 0.717) is 0 Å². The molecule has 1 N–H and O–H groups in total. The van der Waals surface area contributed by atoms with E-state index in [1.165, 1.54) is 12.1 Å². The molecular weight excluding hydrogens is 235 g/mol. The molecule has 0 saturated carbocycles. The predicted molar refractivity (Wildman–Crippen MR) is 55.3 cm³/mol. The molecule has 0 spiro atoms. The zero-order valence-electron chi connectivity index (χ0n) is 8.77. The molecule has 1 aromatic carbocycles. The van der Waals surface area contributed by atoms with Crippen molar-refractivity contribution in [1.82, 2.24) is 0 Å². The Balaban J connectivity index is 3.45. The fourth-order valence-electron chi connectivity index (χ4n) is 1.05. The Hall–Kier alpha value is -1.43. The molecule has 6 heteroatoms. The van der Waals surface area contributed by atoms with Crippen LogP contribution in [0.15, 0.2) is 29.2 Å². The first-order valence-corrected chi connectivity index (χ1v) is 5.92.